The van der Waals surface area contributed by atoms with Crippen LogP contribution in [0.1, 0.15) is 54.7 Å². The van der Waals surface area contributed by atoms with Gasteiger partial charge in [-0.2, -0.15) is 5.10 Å². The molecule has 1 aliphatic heterocycles. The predicted octanol–water partition coefficient (Wildman–Crippen LogP) is 3.47. The standard InChI is InChI=1S/C21H24FN3O2/c1-14-13-19(26)20(23-25(14)18-11-5-3-9-16(18)22)21(27)24-12-6-8-15-7-2-4-10-17(15)24/h3,5,9,11,13,15,17H,2,4,6-8,10,12H2,1H3. The van der Waals surface area contributed by atoms with Gasteiger partial charge in [-0.15, -0.1) is 0 Å². The van der Waals surface area contributed by atoms with Gasteiger partial charge in [0.15, 0.2) is 5.69 Å². The van der Waals surface area contributed by atoms with Gasteiger partial charge in [-0.1, -0.05) is 25.0 Å². The Morgan fingerprint density at radius 1 is 1.15 bits per heavy atom. The van der Waals surface area contributed by atoms with Gasteiger partial charge in [0.05, 0.1) is 0 Å². The van der Waals surface area contributed by atoms with E-state index in [1.165, 1.54) is 23.2 Å². The summed E-state index contributed by atoms with van der Waals surface area (Å²) < 4.78 is 15.6. The minimum Gasteiger partial charge on any atom is -0.334 e. The molecule has 1 aliphatic carbocycles. The first-order chi connectivity index (χ1) is 13.1. The zero-order valence-electron chi connectivity index (χ0n) is 15.5. The molecule has 1 amide bonds. The number of carbonyl (C=O) groups is 1. The van der Waals surface area contributed by atoms with Crippen molar-refractivity contribution >= 4 is 5.91 Å². The number of fused-ring (bicyclic) bond motifs is 1. The summed E-state index contributed by atoms with van der Waals surface area (Å²) >= 11 is 0. The zero-order valence-corrected chi connectivity index (χ0v) is 15.5. The highest BCUT2D eigenvalue weighted by atomic mass is 19.1. The fourth-order valence-corrected chi connectivity index (χ4v) is 4.58. The molecular formula is C21H24FN3O2. The molecule has 2 heterocycles. The summed E-state index contributed by atoms with van der Waals surface area (Å²) in [4.78, 5) is 27.6. The first kappa shape index (κ1) is 17.9. The summed E-state index contributed by atoms with van der Waals surface area (Å²) in [5.74, 6) is -0.238. The van der Waals surface area contributed by atoms with Crippen LogP contribution in [0, 0.1) is 18.7 Å². The van der Waals surface area contributed by atoms with E-state index in [0.29, 0.717) is 18.2 Å². The summed E-state index contributed by atoms with van der Waals surface area (Å²) in [7, 11) is 0. The van der Waals surface area contributed by atoms with Crippen LogP contribution in [0.4, 0.5) is 4.39 Å². The summed E-state index contributed by atoms with van der Waals surface area (Å²) in [6, 6.07) is 7.80. The third kappa shape index (κ3) is 3.29. The number of hydrogen-bond donors (Lipinski definition) is 0. The molecule has 1 saturated carbocycles. The van der Waals surface area contributed by atoms with Gasteiger partial charge in [0.25, 0.3) is 5.91 Å². The fraction of sp³-hybridized carbons (Fsp3) is 0.476. The topological polar surface area (TPSA) is 55.2 Å². The van der Waals surface area contributed by atoms with Gasteiger partial charge in [-0.3, -0.25) is 9.59 Å². The van der Waals surface area contributed by atoms with Gasteiger partial charge in [0.1, 0.15) is 11.5 Å². The van der Waals surface area contributed by atoms with Crippen molar-refractivity contribution in [1.29, 1.82) is 0 Å². The Morgan fingerprint density at radius 2 is 1.89 bits per heavy atom. The van der Waals surface area contributed by atoms with Crippen molar-refractivity contribution in [2.24, 2.45) is 5.92 Å². The third-order valence-electron chi connectivity index (χ3n) is 5.89. The highest BCUT2D eigenvalue weighted by Gasteiger charge is 2.37. The number of amides is 1. The third-order valence-corrected chi connectivity index (χ3v) is 5.89. The molecule has 142 valence electrons. The molecule has 0 N–H and O–H groups in total. The van der Waals surface area contributed by atoms with Crippen molar-refractivity contribution in [1.82, 2.24) is 14.7 Å². The van der Waals surface area contributed by atoms with Crippen LogP contribution in [0.3, 0.4) is 0 Å². The van der Waals surface area contributed by atoms with Gasteiger partial charge in [0.2, 0.25) is 5.43 Å². The van der Waals surface area contributed by atoms with E-state index in [2.05, 4.69) is 5.10 Å². The van der Waals surface area contributed by atoms with E-state index in [0.717, 1.165) is 32.1 Å². The quantitative estimate of drug-likeness (QED) is 0.814. The lowest BCUT2D eigenvalue weighted by Crippen LogP contribution is -2.51. The van der Waals surface area contributed by atoms with E-state index in [-0.39, 0.29) is 23.3 Å². The van der Waals surface area contributed by atoms with Crippen LogP contribution in [0.25, 0.3) is 5.69 Å². The Morgan fingerprint density at radius 3 is 2.70 bits per heavy atom. The fourth-order valence-electron chi connectivity index (χ4n) is 4.58. The molecule has 0 bridgehead atoms. The summed E-state index contributed by atoms with van der Waals surface area (Å²) in [5, 5.41) is 4.29. The van der Waals surface area contributed by atoms with Gasteiger partial charge in [0, 0.05) is 24.3 Å². The van der Waals surface area contributed by atoms with E-state index >= 15 is 0 Å². The molecule has 2 atom stereocenters. The van der Waals surface area contributed by atoms with Gasteiger partial charge >= 0.3 is 0 Å². The van der Waals surface area contributed by atoms with Crippen LogP contribution in [0.15, 0.2) is 35.1 Å². The van der Waals surface area contributed by atoms with E-state index in [4.69, 9.17) is 0 Å². The van der Waals surface area contributed by atoms with Crippen LogP contribution in [0.2, 0.25) is 0 Å². The van der Waals surface area contributed by atoms with Crippen molar-refractivity contribution in [3.05, 3.63) is 57.8 Å². The second-order valence-corrected chi connectivity index (χ2v) is 7.61. The van der Waals surface area contributed by atoms with Crippen LogP contribution >= 0.6 is 0 Å². The molecule has 0 spiro atoms. The number of rotatable bonds is 2. The predicted molar refractivity (Wildman–Crippen MR) is 101 cm³/mol. The molecule has 6 heteroatoms. The Balaban J connectivity index is 1.73. The first-order valence-electron chi connectivity index (χ1n) is 9.73. The maximum absolute atomic E-state index is 14.2. The summed E-state index contributed by atoms with van der Waals surface area (Å²) in [5.41, 5.74) is 0.215. The number of likely N-dealkylation sites (tertiary alicyclic amines) is 1. The monoisotopic (exact) mass is 369 g/mol. The Bertz CT molecular complexity index is 922. The highest BCUT2D eigenvalue weighted by Crippen LogP contribution is 2.35. The molecule has 4 rings (SSSR count). The number of nitrogens with zero attached hydrogens (tertiary/aromatic N) is 3. The van der Waals surface area contributed by atoms with Crippen molar-refractivity contribution in [3.8, 4) is 5.69 Å². The van der Waals surface area contributed by atoms with Crippen molar-refractivity contribution in [2.75, 3.05) is 6.54 Å². The number of benzene rings is 1. The Hall–Kier alpha value is -2.50. The lowest BCUT2D eigenvalue weighted by atomic mass is 9.78. The van der Waals surface area contributed by atoms with E-state index in [1.54, 1.807) is 25.1 Å². The van der Waals surface area contributed by atoms with Crippen molar-refractivity contribution in [2.45, 2.75) is 51.5 Å². The summed E-state index contributed by atoms with van der Waals surface area (Å²) in [6.07, 6.45) is 6.58. The number of piperidine rings is 1. The zero-order chi connectivity index (χ0) is 19.0. The van der Waals surface area contributed by atoms with Crippen LogP contribution in [-0.4, -0.2) is 33.2 Å². The molecule has 1 aromatic heterocycles. The lowest BCUT2D eigenvalue weighted by molar-refractivity contribution is 0.0382. The molecule has 2 aromatic rings. The number of para-hydroxylation sites is 1. The van der Waals surface area contributed by atoms with E-state index in [9.17, 15) is 14.0 Å². The van der Waals surface area contributed by atoms with Gasteiger partial charge in [-0.05, 0) is 50.7 Å². The molecule has 27 heavy (non-hydrogen) atoms. The average molecular weight is 369 g/mol. The van der Waals surface area contributed by atoms with Crippen molar-refractivity contribution < 1.29 is 9.18 Å². The van der Waals surface area contributed by atoms with Crippen LogP contribution in [0.5, 0.6) is 0 Å². The number of aromatic nitrogens is 2. The van der Waals surface area contributed by atoms with Gasteiger partial charge in [-0.25, -0.2) is 9.07 Å². The molecule has 5 nitrogen and oxygen atoms in total. The minimum atomic E-state index is -0.444. The molecular weight excluding hydrogens is 345 g/mol. The van der Waals surface area contributed by atoms with Crippen LogP contribution in [-0.2, 0) is 0 Å². The van der Waals surface area contributed by atoms with E-state index < -0.39 is 11.2 Å². The second-order valence-electron chi connectivity index (χ2n) is 7.61. The largest absolute Gasteiger partial charge is 0.334 e. The van der Waals surface area contributed by atoms with Gasteiger partial charge < -0.3 is 4.90 Å². The van der Waals surface area contributed by atoms with Crippen LogP contribution < -0.4 is 5.43 Å². The average Bonchev–Trinajstić information content (AvgIpc) is 2.68. The molecule has 2 aliphatic rings. The Labute approximate surface area is 157 Å². The normalized spacial score (nSPS) is 22.4. The number of halogens is 1. The lowest BCUT2D eigenvalue weighted by Gasteiger charge is -2.43. The second kappa shape index (κ2) is 7.25. The smallest absolute Gasteiger partial charge is 0.278 e. The highest BCUT2D eigenvalue weighted by molar-refractivity contribution is 5.92. The number of carbonyl (C=O) groups excluding carboxylic acids is 1. The maximum Gasteiger partial charge on any atom is 0.278 e. The molecule has 1 saturated heterocycles. The number of hydrogen-bond acceptors (Lipinski definition) is 3. The number of aryl methyl sites for hydroxylation is 1. The molecule has 1 aromatic carbocycles. The Kier molecular flexibility index (Phi) is 4.81. The van der Waals surface area contributed by atoms with E-state index in [1.807, 2.05) is 4.90 Å². The van der Waals surface area contributed by atoms with Crippen molar-refractivity contribution in [3.63, 3.8) is 0 Å². The summed E-state index contributed by atoms with van der Waals surface area (Å²) in [6.45, 7) is 2.35. The molecule has 0 radical (unpaired) electrons. The minimum absolute atomic E-state index is 0.116. The SMILES string of the molecule is Cc1cc(=O)c(C(=O)N2CCCC3CCCCC32)nn1-c1ccccc1F. The molecule has 2 unspecified atom stereocenters. The molecule has 2 fully saturated rings. The first-order valence-corrected chi connectivity index (χ1v) is 9.73. The maximum atomic E-state index is 14.2.